The van der Waals surface area contributed by atoms with Crippen LogP contribution >= 0.6 is 0 Å². The van der Waals surface area contributed by atoms with Gasteiger partial charge in [0.25, 0.3) is 5.91 Å². The van der Waals surface area contributed by atoms with Crippen molar-refractivity contribution in [3.63, 3.8) is 0 Å². The van der Waals surface area contributed by atoms with Crippen molar-refractivity contribution in [3.05, 3.63) is 23.8 Å². The number of nitrogens with one attached hydrogen (secondary N) is 1. The van der Waals surface area contributed by atoms with Crippen LogP contribution in [0.1, 0.15) is 62.7 Å². The molecule has 1 N–H and O–H groups in total. The van der Waals surface area contributed by atoms with Crippen LogP contribution in [-0.2, 0) is 0 Å². The number of hydrogen-bond acceptors (Lipinski definition) is 3. The summed E-state index contributed by atoms with van der Waals surface area (Å²) in [5, 5.41) is 2.75. The van der Waals surface area contributed by atoms with Gasteiger partial charge in [-0.3, -0.25) is 4.79 Å². The Labute approximate surface area is 158 Å². The maximum Gasteiger partial charge on any atom is 0.391 e. The molecule has 7 heteroatoms. The van der Waals surface area contributed by atoms with Crippen LogP contribution in [0.25, 0.3) is 0 Å². The fourth-order valence-corrected chi connectivity index (χ4v) is 3.19. The van der Waals surface area contributed by atoms with Crippen LogP contribution in [-0.4, -0.2) is 31.3 Å². The molecule has 1 aromatic rings. The van der Waals surface area contributed by atoms with Crippen molar-refractivity contribution >= 4 is 5.91 Å². The molecule has 2 atom stereocenters. The van der Waals surface area contributed by atoms with Crippen molar-refractivity contribution in [2.45, 2.75) is 64.6 Å². The molecule has 0 heterocycles. The summed E-state index contributed by atoms with van der Waals surface area (Å²) in [5.41, 5.74) is 0.360. The van der Waals surface area contributed by atoms with Gasteiger partial charge in [-0.05, 0) is 50.3 Å². The molecule has 0 radical (unpaired) electrons. The molecule has 0 aromatic heterocycles. The molecule has 1 aliphatic carbocycles. The highest BCUT2D eigenvalue weighted by molar-refractivity contribution is 5.95. The van der Waals surface area contributed by atoms with E-state index in [1.165, 1.54) is 0 Å². The molecule has 1 fully saturated rings. The van der Waals surface area contributed by atoms with Gasteiger partial charge in [0.05, 0.1) is 19.1 Å². The van der Waals surface area contributed by atoms with E-state index in [0.717, 1.165) is 12.8 Å². The third kappa shape index (κ3) is 6.33. The maximum atomic E-state index is 12.9. The zero-order chi connectivity index (χ0) is 19.9. The lowest BCUT2D eigenvalue weighted by molar-refractivity contribution is -0.183. The van der Waals surface area contributed by atoms with Crippen LogP contribution in [0, 0.1) is 5.92 Å². The van der Waals surface area contributed by atoms with Crippen molar-refractivity contribution < 1.29 is 27.4 Å². The van der Waals surface area contributed by atoms with Crippen LogP contribution < -0.4 is 14.8 Å². The first-order valence-corrected chi connectivity index (χ1v) is 9.62. The van der Waals surface area contributed by atoms with Gasteiger partial charge in [-0.25, -0.2) is 0 Å². The van der Waals surface area contributed by atoms with E-state index < -0.39 is 18.1 Å². The highest BCUT2D eigenvalue weighted by atomic mass is 19.4. The average Bonchev–Trinajstić information content (AvgIpc) is 2.64. The van der Waals surface area contributed by atoms with E-state index in [1.54, 1.807) is 18.2 Å². The lowest BCUT2D eigenvalue weighted by Crippen LogP contribution is -2.41. The molecular formula is C20H28F3NO3. The summed E-state index contributed by atoms with van der Waals surface area (Å²) in [4.78, 5) is 12.5. The van der Waals surface area contributed by atoms with Crippen LogP contribution in [0.2, 0.25) is 0 Å². The van der Waals surface area contributed by atoms with Crippen molar-refractivity contribution in [1.82, 2.24) is 5.32 Å². The molecule has 27 heavy (non-hydrogen) atoms. The van der Waals surface area contributed by atoms with Crippen LogP contribution in [0.3, 0.4) is 0 Å². The number of carbonyl (C=O) groups is 1. The van der Waals surface area contributed by atoms with Gasteiger partial charge in [-0.1, -0.05) is 20.3 Å². The maximum absolute atomic E-state index is 12.9. The van der Waals surface area contributed by atoms with Gasteiger partial charge < -0.3 is 14.8 Å². The first kappa shape index (κ1) is 21.4. The molecule has 2 unspecified atom stereocenters. The molecule has 1 amide bonds. The number of benzene rings is 1. The molecule has 0 saturated heterocycles. The Kier molecular flexibility index (Phi) is 7.80. The Morgan fingerprint density at radius 2 is 1.78 bits per heavy atom. The summed E-state index contributed by atoms with van der Waals surface area (Å²) in [6.07, 6.45) is -1.45. The predicted molar refractivity (Wildman–Crippen MR) is 97.3 cm³/mol. The molecular weight excluding hydrogens is 359 g/mol. The minimum atomic E-state index is -4.21. The quantitative estimate of drug-likeness (QED) is 0.674. The molecule has 2 rings (SSSR count). The first-order chi connectivity index (χ1) is 12.8. The zero-order valence-electron chi connectivity index (χ0n) is 15.9. The fraction of sp³-hybridized carbons (Fsp3) is 0.650. The second-order valence-electron chi connectivity index (χ2n) is 6.93. The molecule has 152 valence electrons. The summed E-state index contributed by atoms with van der Waals surface area (Å²) in [6.45, 7) is 4.99. The molecule has 4 nitrogen and oxygen atoms in total. The van der Waals surface area contributed by atoms with E-state index in [1.807, 2.05) is 13.8 Å². The number of amides is 1. The molecule has 1 saturated carbocycles. The molecule has 1 aromatic carbocycles. The normalized spacial score (nSPS) is 20.2. The second-order valence-corrected chi connectivity index (χ2v) is 6.93. The summed E-state index contributed by atoms with van der Waals surface area (Å²) in [5.74, 6) is -0.678. The standard InChI is InChI=1S/C20H28F3NO3/c1-3-10-26-17-9-8-14(12-18(17)27-11-4-2)19(25)24-16-7-5-6-15(13-16)20(21,22)23/h8-9,12,15-16H,3-7,10-11,13H2,1-2H3,(H,24,25). The smallest absolute Gasteiger partial charge is 0.391 e. The predicted octanol–water partition coefficient (Wildman–Crippen LogP) is 5.12. The summed E-state index contributed by atoms with van der Waals surface area (Å²) < 4.78 is 50.2. The van der Waals surface area contributed by atoms with Crippen LogP contribution in [0.4, 0.5) is 13.2 Å². The van der Waals surface area contributed by atoms with Gasteiger partial charge in [0.15, 0.2) is 11.5 Å². The Morgan fingerprint density at radius 3 is 2.41 bits per heavy atom. The lowest BCUT2D eigenvalue weighted by atomic mass is 9.85. The Bertz CT molecular complexity index is 619. The average molecular weight is 387 g/mol. The Balaban J connectivity index is 2.06. The molecule has 0 bridgehead atoms. The highest BCUT2D eigenvalue weighted by Gasteiger charge is 2.42. The minimum Gasteiger partial charge on any atom is -0.490 e. The SMILES string of the molecule is CCCOc1ccc(C(=O)NC2CCCC(C(F)(F)F)C2)cc1OCCC. The van der Waals surface area contributed by atoms with Gasteiger partial charge in [0.2, 0.25) is 0 Å². The first-order valence-electron chi connectivity index (χ1n) is 9.62. The Morgan fingerprint density at radius 1 is 1.11 bits per heavy atom. The minimum absolute atomic E-state index is 0.0634. The number of carbonyl (C=O) groups excluding carboxylic acids is 1. The molecule has 1 aliphatic rings. The van der Waals surface area contributed by atoms with Gasteiger partial charge in [0.1, 0.15) is 0 Å². The fourth-order valence-electron chi connectivity index (χ4n) is 3.19. The monoisotopic (exact) mass is 387 g/mol. The van der Waals surface area contributed by atoms with Crippen molar-refractivity contribution in [1.29, 1.82) is 0 Å². The topological polar surface area (TPSA) is 47.6 Å². The van der Waals surface area contributed by atoms with E-state index in [4.69, 9.17) is 9.47 Å². The lowest BCUT2D eigenvalue weighted by Gasteiger charge is -2.31. The van der Waals surface area contributed by atoms with Gasteiger partial charge in [-0.15, -0.1) is 0 Å². The summed E-state index contributed by atoms with van der Waals surface area (Å²) >= 11 is 0. The van der Waals surface area contributed by atoms with Crippen molar-refractivity contribution in [2.24, 2.45) is 5.92 Å². The third-order valence-corrected chi connectivity index (χ3v) is 4.60. The van der Waals surface area contributed by atoms with E-state index in [0.29, 0.717) is 43.1 Å². The van der Waals surface area contributed by atoms with Crippen molar-refractivity contribution in [2.75, 3.05) is 13.2 Å². The van der Waals surface area contributed by atoms with Crippen molar-refractivity contribution in [3.8, 4) is 11.5 Å². The number of ether oxygens (including phenoxy) is 2. The number of rotatable bonds is 8. The van der Waals surface area contributed by atoms with E-state index in [-0.39, 0.29) is 18.7 Å². The van der Waals surface area contributed by atoms with Gasteiger partial charge >= 0.3 is 6.18 Å². The molecule has 0 spiro atoms. The zero-order valence-corrected chi connectivity index (χ0v) is 15.9. The summed E-state index contributed by atoms with van der Waals surface area (Å²) in [7, 11) is 0. The van der Waals surface area contributed by atoms with Gasteiger partial charge in [0, 0.05) is 11.6 Å². The van der Waals surface area contributed by atoms with E-state index in [2.05, 4.69) is 5.32 Å². The largest absolute Gasteiger partial charge is 0.490 e. The van der Waals surface area contributed by atoms with Crippen LogP contribution in [0.15, 0.2) is 18.2 Å². The number of alkyl halides is 3. The second kappa shape index (κ2) is 9.85. The Hall–Kier alpha value is -1.92. The van der Waals surface area contributed by atoms with E-state index >= 15 is 0 Å². The third-order valence-electron chi connectivity index (χ3n) is 4.60. The van der Waals surface area contributed by atoms with Gasteiger partial charge in [-0.2, -0.15) is 13.2 Å². The summed E-state index contributed by atoms with van der Waals surface area (Å²) in [6, 6.07) is 4.42. The van der Waals surface area contributed by atoms with E-state index in [9.17, 15) is 18.0 Å². The molecule has 0 aliphatic heterocycles. The highest BCUT2D eigenvalue weighted by Crippen LogP contribution is 2.37. The number of halogens is 3. The van der Waals surface area contributed by atoms with Crippen LogP contribution in [0.5, 0.6) is 11.5 Å². The number of hydrogen-bond donors (Lipinski definition) is 1.